The van der Waals surface area contributed by atoms with Crippen molar-refractivity contribution in [1.29, 1.82) is 0 Å². The number of nitrogens with one attached hydrogen (secondary N) is 1. The summed E-state index contributed by atoms with van der Waals surface area (Å²) in [5.74, 6) is -0.506. The molecule has 0 heterocycles. The minimum atomic E-state index is -0.789. The summed E-state index contributed by atoms with van der Waals surface area (Å²) in [6.45, 7) is 6.36. The lowest BCUT2D eigenvalue weighted by Crippen LogP contribution is -2.46. The van der Waals surface area contributed by atoms with Gasteiger partial charge in [0.05, 0.1) is 25.2 Å². The summed E-state index contributed by atoms with van der Waals surface area (Å²) in [6.07, 6.45) is 46.4. The number of carbonyl (C=O) groups excluding carboxylic acids is 2. The molecule has 53 heavy (non-hydrogen) atoms. The Morgan fingerprint density at radius 3 is 1.58 bits per heavy atom. The van der Waals surface area contributed by atoms with Crippen molar-refractivity contribution in [3.8, 4) is 0 Å². The lowest BCUT2D eigenvalue weighted by Gasteiger charge is -2.24. The molecule has 6 nitrogen and oxygen atoms in total. The Hall–Kier alpha value is -1.92. The molecule has 0 aliphatic carbocycles. The summed E-state index contributed by atoms with van der Waals surface area (Å²) in [7, 11) is 0. The van der Waals surface area contributed by atoms with Crippen molar-refractivity contribution < 1.29 is 24.5 Å². The summed E-state index contributed by atoms with van der Waals surface area (Å²) in [4.78, 5) is 25.9. The SMILES string of the molecule is CCC/C=C\CCCCCC(CC(=O)NC(CO)C(O)CCCCCCCCCCCCC)OC(=O)CCCCCCCC/C=C/C=C/CCCCC. The first-order valence-corrected chi connectivity index (χ1v) is 22.7. The second kappa shape index (κ2) is 41.2. The highest BCUT2D eigenvalue weighted by molar-refractivity contribution is 5.77. The Morgan fingerprint density at radius 2 is 1.00 bits per heavy atom. The number of esters is 1. The highest BCUT2D eigenvalue weighted by Crippen LogP contribution is 2.17. The van der Waals surface area contributed by atoms with E-state index in [9.17, 15) is 19.8 Å². The molecule has 0 fully saturated rings. The average molecular weight is 746 g/mol. The number of aliphatic hydroxyl groups excluding tert-OH is 2. The molecule has 3 N–H and O–H groups in total. The van der Waals surface area contributed by atoms with E-state index in [0.29, 0.717) is 19.3 Å². The van der Waals surface area contributed by atoms with E-state index in [4.69, 9.17) is 4.74 Å². The fraction of sp³-hybridized carbons (Fsp3) is 0.830. The number of carbonyl (C=O) groups is 2. The van der Waals surface area contributed by atoms with Gasteiger partial charge in [-0.25, -0.2) is 0 Å². The predicted molar refractivity (Wildman–Crippen MR) is 227 cm³/mol. The van der Waals surface area contributed by atoms with Crippen molar-refractivity contribution >= 4 is 11.9 Å². The second-order valence-corrected chi connectivity index (χ2v) is 15.5. The van der Waals surface area contributed by atoms with Crippen molar-refractivity contribution in [3.63, 3.8) is 0 Å². The third-order valence-electron chi connectivity index (χ3n) is 10.2. The monoisotopic (exact) mass is 746 g/mol. The number of allylic oxidation sites excluding steroid dienone is 6. The van der Waals surface area contributed by atoms with Crippen molar-refractivity contribution in [1.82, 2.24) is 5.32 Å². The largest absolute Gasteiger partial charge is 0.462 e. The molecule has 1 amide bonds. The van der Waals surface area contributed by atoms with E-state index in [1.807, 2.05) is 0 Å². The standard InChI is InChI=1S/C47H87NO5/c1-4-7-10-13-16-19-21-22-23-24-26-28-31-34-37-40-47(52)53-43(38-35-32-29-18-15-12-9-6-3)41-46(51)48-44(42-49)45(50)39-36-33-30-27-25-20-17-14-11-8-5-2/h12,15-16,19,21-22,43-45,49-50H,4-11,13-14,17-18,20,23-42H2,1-3H3,(H,48,51)/b15-12-,19-16+,22-21+. The van der Waals surface area contributed by atoms with E-state index in [1.165, 1.54) is 96.3 Å². The van der Waals surface area contributed by atoms with E-state index in [1.54, 1.807) is 0 Å². The Balaban J connectivity index is 4.51. The van der Waals surface area contributed by atoms with Gasteiger partial charge in [0.25, 0.3) is 0 Å². The smallest absolute Gasteiger partial charge is 0.306 e. The van der Waals surface area contributed by atoms with Gasteiger partial charge in [0.2, 0.25) is 5.91 Å². The van der Waals surface area contributed by atoms with Gasteiger partial charge >= 0.3 is 5.97 Å². The molecule has 0 aliphatic rings. The maximum absolute atomic E-state index is 13.1. The molecule has 0 aromatic carbocycles. The molecule has 6 heteroatoms. The minimum Gasteiger partial charge on any atom is -0.462 e. The number of ether oxygens (including phenoxy) is 1. The lowest BCUT2D eigenvalue weighted by atomic mass is 10.0. The van der Waals surface area contributed by atoms with Crippen LogP contribution in [0.15, 0.2) is 36.5 Å². The molecule has 0 radical (unpaired) electrons. The van der Waals surface area contributed by atoms with Crippen LogP contribution in [0.4, 0.5) is 0 Å². The molecule has 0 saturated heterocycles. The summed E-state index contributed by atoms with van der Waals surface area (Å²) in [5.41, 5.74) is 0. The molecule has 0 spiro atoms. The summed E-state index contributed by atoms with van der Waals surface area (Å²) in [6, 6.07) is -0.704. The van der Waals surface area contributed by atoms with Crippen LogP contribution in [0, 0.1) is 0 Å². The van der Waals surface area contributed by atoms with Crippen LogP contribution < -0.4 is 5.32 Å². The molecular formula is C47H87NO5. The maximum Gasteiger partial charge on any atom is 0.306 e. The first-order valence-electron chi connectivity index (χ1n) is 22.7. The zero-order chi connectivity index (χ0) is 38.9. The summed E-state index contributed by atoms with van der Waals surface area (Å²) >= 11 is 0. The molecular weight excluding hydrogens is 659 g/mol. The van der Waals surface area contributed by atoms with E-state index < -0.39 is 18.2 Å². The fourth-order valence-corrected chi connectivity index (χ4v) is 6.72. The summed E-state index contributed by atoms with van der Waals surface area (Å²) in [5, 5.41) is 23.6. The third kappa shape index (κ3) is 36.8. The number of aliphatic hydroxyl groups is 2. The molecule has 0 rings (SSSR count). The molecule has 310 valence electrons. The Kier molecular flexibility index (Phi) is 39.8. The van der Waals surface area contributed by atoms with Gasteiger partial charge < -0.3 is 20.3 Å². The second-order valence-electron chi connectivity index (χ2n) is 15.5. The van der Waals surface area contributed by atoms with Crippen LogP contribution in [0.5, 0.6) is 0 Å². The van der Waals surface area contributed by atoms with Gasteiger partial charge in [-0.05, 0) is 70.6 Å². The molecule has 0 saturated carbocycles. The highest BCUT2D eigenvalue weighted by Gasteiger charge is 2.24. The van der Waals surface area contributed by atoms with Crippen molar-refractivity contribution in [3.05, 3.63) is 36.5 Å². The van der Waals surface area contributed by atoms with E-state index in [-0.39, 0.29) is 24.9 Å². The number of hydrogen-bond donors (Lipinski definition) is 3. The minimum absolute atomic E-state index is 0.0624. The van der Waals surface area contributed by atoms with E-state index in [0.717, 1.165) is 83.5 Å². The first-order chi connectivity index (χ1) is 26.0. The van der Waals surface area contributed by atoms with Crippen LogP contribution in [0.2, 0.25) is 0 Å². The Bertz CT molecular complexity index is 884. The zero-order valence-electron chi connectivity index (χ0n) is 35.1. The van der Waals surface area contributed by atoms with E-state index in [2.05, 4.69) is 62.5 Å². The van der Waals surface area contributed by atoms with Crippen LogP contribution in [0.25, 0.3) is 0 Å². The quantitative estimate of drug-likeness (QED) is 0.0251. The number of hydrogen-bond acceptors (Lipinski definition) is 5. The van der Waals surface area contributed by atoms with Gasteiger partial charge in [0.15, 0.2) is 0 Å². The third-order valence-corrected chi connectivity index (χ3v) is 10.2. The van der Waals surface area contributed by atoms with Gasteiger partial charge in [-0.3, -0.25) is 9.59 Å². The molecule has 0 aromatic heterocycles. The van der Waals surface area contributed by atoms with Gasteiger partial charge in [-0.2, -0.15) is 0 Å². The lowest BCUT2D eigenvalue weighted by molar-refractivity contribution is -0.151. The fourth-order valence-electron chi connectivity index (χ4n) is 6.72. The molecule has 0 aliphatic heterocycles. The van der Waals surface area contributed by atoms with E-state index >= 15 is 0 Å². The number of unbranched alkanes of at least 4 members (excludes halogenated alkanes) is 23. The zero-order valence-corrected chi connectivity index (χ0v) is 35.1. The van der Waals surface area contributed by atoms with Crippen LogP contribution in [0.1, 0.15) is 226 Å². The predicted octanol–water partition coefficient (Wildman–Crippen LogP) is 12.9. The van der Waals surface area contributed by atoms with Gasteiger partial charge in [-0.15, -0.1) is 0 Å². The van der Waals surface area contributed by atoms with Gasteiger partial charge in [0.1, 0.15) is 6.10 Å². The highest BCUT2D eigenvalue weighted by atomic mass is 16.5. The van der Waals surface area contributed by atoms with Crippen LogP contribution in [-0.4, -0.2) is 46.9 Å². The summed E-state index contributed by atoms with van der Waals surface area (Å²) < 4.78 is 5.87. The van der Waals surface area contributed by atoms with Crippen molar-refractivity contribution in [2.45, 2.75) is 244 Å². The first kappa shape index (κ1) is 51.1. The van der Waals surface area contributed by atoms with Crippen molar-refractivity contribution in [2.24, 2.45) is 0 Å². The Labute approximate surface area is 328 Å². The topological polar surface area (TPSA) is 95.9 Å². The average Bonchev–Trinajstić information content (AvgIpc) is 3.15. The Morgan fingerprint density at radius 1 is 0.547 bits per heavy atom. The molecule has 0 aromatic rings. The van der Waals surface area contributed by atoms with Crippen LogP contribution in [0.3, 0.4) is 0 Å². The van der Waals surface area contributed by atoms with Gasteiger partial charge in [0, 0.05) is 6.42 Å². The molecule has 3 atom stereocenters. The molecule has 3 unspecified atom stereocenters. The maximum atomic E-state index is 13.1. The number of rotatable bonds is 40. The van der Waals surface area contributed by atoms with Crippen LogP contribution >= 0.6 is 0 Å². The molecule has 0 bridgehead atoms. The number of amides is 1. The van der Waals surface area contributed by atoms with Gasteiger partial charge in [-0.1, -0.05) is 179 Å². The normalized spacial score (nSPS) is 13.7. The van der Waals surface area contributed by atoms with Crippen molar-refractivity contribution in [2.75, 3.05) is 6.61 Å². The van der Waals surface area contributed by atoms with Crippen LogP contribution in [-0.2, 0) is 14.3 Å².